The van der Waals surface area contributed by atoms with Crippen molar-refractivity contribution in [2.24, 2.45) is 0 Å². The molecule has 0 heterocycles. The van der Waals surface area contributed by atoms with E-state index in [-0.39, 0.29) is 17.5 Å². The number of sulfone groups is 1. The molecule has 0 saturated carbocycles. The molecule has 0 radical (unpaired) electrons. The van der Waals surface area contributed by atoms with E-state index in [0.717, 1.165) is 0 Å². The van der Waals surface area contributed by atoms with E-state index < -0.39 is 9.84 Å². The van der Waals surface area contributed by atoms with Crippen LogP contribution in [0, 0.1) is 0 Å². The second-order valence-corrected chi connectivity index (χ2v) is 7.45. The third-order valence-corrected chi connectivity index (χ3v) is 5.30. The summed E-state index contributed by atoms with van der Waals surface area (Å²) in [5, 5.41) is 5.73. The van der Waals surface area contributed by atoms with Crippen LogP contribution in [-0.4, -0.2) is 26.5 Å². The van der Waals surface area contributed by atoms with Crippen molar-refractivity contribution < 1.29 is 8.42 Å². The van der Waals surface area contributed by atoms with Crippen LogP contribution in [-0.2, 0) is 9.84 Å². The Hall–Kier alpha value is -1.39. The fourth-order valence-corrected chi connectivity index (χ4v) is 3.03. The first-order valence-corrected chi connectivity index (χ1v) is 8.77. The van der Waals surface area contributed by atoms with Gasteiger partial charge in [-0.25, -0.2) is 8.42 Å². The molecule has 0 amide bonds. The highest BCUT2D eigenvalue weighted by atomic mass is 32.2. The van der Waals surface area contributed by atoms with Crippen molar-refractivity contribution in [1.29, 1.82) is 0 Å². The molecule has 20 heavy (non-hydrogen) atoms. The zero-order chi connectivity index (χ0) is 14.6. The van der Waals surface area contributed by atoms with Gasteiger partial charge in [-0.2, -0.15) is 0 Å². The quantitative estimate of drug-likeness (QED) is 0.890. The summed E-state index contributed by atoms with van der Waals surface area (Å²) in [6, 6.07) is 14.6. The fourth-order valence-electron chi connectivity index (χ4n) is 2.31. The summed E-state index contributed by atoms with van der Waals surface area (Å²) >= 11 is 0. The van der Waals surface area contributed by atoms with Gasteiger partial charge in [0.15, 0.2) is 9.84 Å². The van der Waals surface area contributed by atoms with Gasteiger partial charge in [0, 0.05) is 18.3 Å². The lowest BCUT2D eigenvalue weighted by atomic mass is 10.00. The van der Waals surface area contributed by atoms with Gasteiger partial charge in [-0.05, 0) is 23.3 Å². The van der Waals surface area contributed by atoms with Crippen LogP contribution in [0.3, 0.4) is 0 Å². The molecule has 1 unspecified atom stereocenters. The van der Waals surface area contributed by atoms with E-state index in [9.17, 15) is 8.42 Å². The number of hydrogen-bond acceptors (Lipinski definition) is 3. The minimum Gasteiger partial charge on any atom is -0.309 e. The van der Waals surface area contributed by atoms with Crippen molar-refractivity contribution in [3.63, 3.8) is 0 Å². The average Bonchev–Trinajstić information content (AvgIpc) is 2.46. The summed E-state index contributed by atoms with van der Waals surface area (Å²) in [5.74, 6) is 0.399. The first-order valence-electron chi connectivity index (χ1n) is 6.95. The molecule has 3 nitrogen and oxygen atoms in total. The van der Waals surface area contributed by atoms with Crippen molar-refractivity contribution in [3.8, 4) is 0 Å². The first kappa shape index (κ1) is 15.0. The van der Waals surface area contributed by atoms with Crippen molar-refractivity contribution in [1.82, 2.24) is 5.32 Å². The smallest absolute Gasteiger partial charge is 0.151 e. The molecule has 1 N–H and O–H groups in total. The van der Waals surface area contributed by atoms with Crippen molar-refractivity contribution in [2.75, 3.05) is 18.1 Å². The van der Waals surface area contributed by atoms with Gasteiger partial charge in [0.25, 0.3) is 0 Å². The van der Waals surface area contributed by atoms with Gasteiger partial charge in [0.05, 0.1) is 5.75 Å². The Morgan fingerprint density at radius 2 is 1.80 bits per heavy atom. The largest absolute Gasteiger partial charge is 0.309 e. The maximum absolute atomic E-state index is 11.5. The molecule has 4 heteroatoms. The minimum atomic E-state index is -2.90. The van der Waals surface area contributed by atoms with Gasteiger partial charge in [0.1, 0.15) is 0 Å². The Kier molecular flexibility index (Phi) is 4.78. The summed E-state index contributed by atoms with van der Waals surface area (Å²) in [6.45, 7) is 4.24. The highest BCUT2D eigenvalue weighted by molar-refractivity contribution is 7.91. The monoisotopic (exact) mass is 291 g/mol. The Labute approximate surface area is 120 Å². The molecule has 2 aromatic rings. The summed E-state index contributed by atoms with van der Waals surface area (Å²) < 4.78 is 23.0. The highest BCUT2D eigenvalue weighted by Crippen LogP contribution is 2.23. The fraction of sp³-hybridized carbons (Fsp3) is 0.375. The van der Waals surface area contributed by atoms with E-state index in [1.165, 1.54) is 16.3 Å². The molecule has 0 bridgehead atoms. The van der Waals surface area contributed by atoms with E-state index in [1.807, 2.05) is 18.2 Å². The van der Waals surface area contributed by atoms with Crippen LogP contribution < -0.4 is 5.32 Å². The SMILES string of the molecule is CCS(=O)(=O)CCNC(C)c1cccc2ccccc12. The normalized spacial score (nSPS) is 13.5. The molecule has 0 aliphatic carbocycles. The standard InChI is InChI=1S/C16H21NO2S/c1-3-20(18,19)12-11-17-13(2)15-10-6-8-14-7-4-5-9-16(14)15/h4-10,13,17H,3,11-12H2,1-2H3. The van der Waals surface area contributed by atoms with Gasteiger partial charge >= 0.3 is 0 Å². The summed E-state index contributed by atoms with van der Waals surface area (Å²) in [4.78, 5) is 0. The molecule has 0 aliphatic rings. The summed E-state index contributed by atoms with van der Waals surface area (Å²) in [7, 11) is -2.90. The average molecular weight is 291 g/mol. The lowest BCUT2D eigenvalue weighted by molar-refractivity contribution is 0.574. The second-order valence-electron chi connectivity index (χ2n) is 4.98. The van der Waals surface area contributed by atoms with Gasteiger partial charge in [-0.3, -0.25) is 0 Å². The highest BCUT2D eigenvalue weighted by Gasteiger charge is 2.11. The number of nitrogens with one attached hydrogen (secondary N) is 1. The van der Waals surface area contributed by atoms with Crippen LogP contribution in [0.15, 0.2) is 42.5 Å². The van der Waals surface area contributed by atoms with E-state index in [2.05, 4.69) is 36.5 Å². The lowest BCUT2D eigenvalue weighted by Crippen LogP contribution is -2.26. The molecule has 0 saturated heterocycles. The van der Waals surface area contributed by atoms with Gasteiger partial charge in [0.2, 0.25) is 0 Å². The van der Waals surface area contributed by atoms with Gasteiger partial charge in [-0.1, -0.05) is 49.4 Å². The summed E-state index contributed by atoms with van der Waals surface area (Å²) in [5.41, 5.74) is 1.21. The topological polar surface area (TPSA) is 46.2 Å². The minimum absolute atomic E-state index is 0.133. The predicted molar refractivity (Wildman–Crippen MR) is 84.7 cm³/mol. The van der Waals surface area contributed by atoms with Gasteiger partial charge < -0.3 is 5.32 Å². The van der Waals surface area contributed by atoms with Crippen LogP contribution >= 0.6 is 0 Å². The molecular weight excluding hydrogens is 270 g/mol. The maximum atomic E-state index is 11.5. The first-order chi connectivity index (χ1) is 9.53. The molecule has 108 valence electrons. The van der Waals surface area contributed by atoms with Crippen molar-refractivity contribution in [3.05, 3.63) is 48.0 Å². The van der Waals surface area contributed by atoms with Crippen LogP contribution in [0.4, 0.5) is 0 Å². The molecular formula is C16H21NO2S. The number of fused-ring (bicyclic) bond motifs is 1. The molecule has 1 atom stereocenters. The van der Waals surface area contributed by atoms with E-state index in [0.29, 0.717) is 6.54 Å². The Bertz CT molecular complexity index is 674. The van der Waals surface area contributed by atoms with E-state index in [4.69, 9.17) is 0 Å². The van der Waals surface area contributed by atoms with E-state index >= 15 is 0 Å². The Morgan fingerprint density at radius 3 is 2.55 bits per heavy atom. The third kappa shape index (κ3) is 3.58. The lowest BCUT2D eigenvalue weighted by Gasteiger charge is -2.16. The number of rotatable bonds is 6. The molecule has 2 aromatic carbocycles. The molecule has 0 aliphatic heterocycles. The van der Waals surface area contributed by atoms with Crippen LogP contribution in [0.5, 0.6) is 0 Å². The molecule has 0 fully saturated rings. The molecule has 2 rings (SSSR count). The Balaban J connectivity index is 2.10. The van der Waals surface area contributed by atoms with E-state index in [1.54, 1.807) is 6.92 Å². The predicted octanol–water partition coefficient (Wildman–Crippen LogP) is 2.93. The Morgan fingerprint density at radius 1 is 1.10 bits per heavy atom. The summed E-state index contributed by atoms with van der Waals surface area (Å²) in [6.07, 6.45) is 0. The maximum Gasteiger partial charge on any atom is 0.151 e. The molecule has 0 aromatic heterocycles. The van der Waals surface area contributed by atoms with Crippen molar-refractivity contribution >= 4 is 20.6 Å². The second kappa shape index (κ2) is 6.37. The van der Waals surface area contributed by atoms with Crippen molar-refractivity contribution in [2.45, 2.75) is 19.9 Å². The third-order valence-electron chi connectivity index (χ3n) is 3.59. The number of benzene rings is 2. The van der Waals surface area contributed by atoms with Crippen LogP contribution in [0.1, 0.15) is 25.5 Å². The zero-order valence-electron chi connectivity index (χ0n) is 12.0. The van der Waals surface area contributed by atoms with Crippen LogP contribution in [0.25, 0.3) is 10.8 Å². The molecule has 0 spiro atoms. The number of hydrogen-bond donors (Lipinski definition) is 1. The van der Waals surface area contributed by atoms with Crippen LogP contribution in [0.2, 0.25) is 0 Å². The zero-order valence-corrected chi connectivity index (χ0v) is 12.8. The van der Waals surface area contributed by atoms with Gasteiger partial charge in [-0.15, -0.1) is 0 Å².